The van der Waals surface area contributed by atoms with E-state index >= 15 is 0 Å². The number of rotatable bonds is 6. The molecular weight excluding hydrogens is 278 g/mol. The van der Waals surface area contributed by atoms with Crippen LogP contribution in [0.5, 0.6) is 0 Å². The summed E-state index contributed by atoms with van der Waals surface area (Å²) in [7, 11) is 0. The number of thiocarbonyl (C=S) groups is 1. The van der Waals surface area contributed by atoms with Crippen LogP contribution in [0, 0.1) is 0 Å². The van der Waals surface area contributed by atoms with Crippen molar-refractivity contribution in [3.8, 4) is 0 Å². The number of nitrogens with zero attached hydrogens (tertiary/aromatic N) is 1. The molecule has 2 atom stereocenters. The number of unbranched alkanes of at least 4 members (excludes halogenated alkanes) is 1. The Morgan fingerprint density at radius 2 is 1.67 bits per heavy atom. The highest BCUT2D eigenvalue weighted by atomic mass is 32.1. The summed E-state index contributed by atoms with van der Waals surface area (Å²) in [5.74, 6) is 0. The van der Waals surface area contributed by atoms with Gasteiger partial charge in [0.1, 0.15) is 0 Å². The van der Waals surface area contributed by atoms with Crippen LogP contribution in [0.3, 0.4) is 0 Å². The molecule has 1 heterocycles. The quantitative estimate of drug-likeness (QED) is 0.580. The fraction of sp³-hybridized carbons (Fsp3) is 0.941. The van der Waals surface area contributed by atoms with Gasteiger partial charge in [0, 0.05) is 24.7 Å². The molecule has 2 fully saturated rings. The van der Waals surface area contributed by atoms with E-state index in [1.165, 1.54) is 64.3 Å². The third-order valence-corrected chi connectivity index (χ3v) is 5.47. The lowest BCUT2D eigenvalue weighted by Gasteiger charge is -2.26. The van der Waals surface area contributed by atoms with Gasteiger partial charge >= 0.3 is 0 Å². The fourth-order valence-corrected chi connectivity index (χ4v) is 4.06. The lowest BCUT2D eigenvalue weighted by Crippen LogP contribution is -2.43. The van der Waals surface area contributed by atoms with Crippen molar-refractivity contribution in [2.75, 3.05) is 13.1 Å². The third-order valence-electron chi connectivity index (χ3n) is 5.20. The maximum atomic E-state index is 5.40. The zero-order valence-corrected chi connectivity index (χ0v) is 14.7. The Bertz CT molecular complexity index is 305. The summed E-state index contributed by atoms with van der Waals surface area (Å²) < 4.78 is 0. The van der Waals surface area contributed by atoms with Crippen LogP contribution in [0.25, 0.3) is 0 Å². The molecule has 2 rings (SSSR count). The van der Waals surface area contributed by atoms with Crippen molar-refractivity contribution in [1.82, 2.24) is 15.5 Å². The zero-order chi connectivity index (χ0) is 15.1. The molecule has 2 aliphatic rings. The van der Waals surface area contributed by atoms with Crippen LogP contribution < -0.4 is 10.6 Å². The van der Waals surface area contributed by atoms with Gasteiger partial charge in [0.2, 0.25) is 0 Å². The normalized spacial score (nSPS) is 27.7. The highest BCUT2D eigenvalue weighted by molar-refractivity contribution is 7.80. The summed E-state index contributed by atoms with van der Waals surface area (Å²) in [6.45, 7) is 6.98. The second kappa shape index (κ2) is 8.94. The first-order chi connectivity index (χ1) is 10.2. The molecule has 21 heavy (non-hydrogen) atoms. The van der Waals surface area contributed by atoms with Gasteiger partial charge < -0.3 is 10.6 Å². The monoisotopic (exact) mass is 311 g/mol. The van der Waals surface area contributed by atoms with Gasteiger partial charge in [-0.2, -0.15) is 0 Å². The maximum absolute atomic E-state index is 5.40. The van der Waals surface area contributed by atoms with Crippen molar-refractivity contribution in [1.29, 1.82) is 0 Å². The van der Waals surface area contributed by atoms with Gasteiger partial charge in [0.15, 0.2) is 5.11 Å². The maximum Gasteiger partial charge on any atom is 0.166 e. The first kappa shape index (κ1) is 17.0. The van der Waals surface area contributed by atoms with Gasteiger partial charge in [-0.25, -0.2) is 0 Å². The molecule has 1 saturated carbocycles. The topological polar surface area (TPSA) is 27.3 Å². The molecule has 122 valence electrons. The van der Waals surface area contributed by atoms with Crippen LogP contribution in [0.15, 0.2) is 0 Å². The van der Waals surface area contributed by atoms with E-state index in [9.17, 15) is 0 Å². The van der Waals surface area contributed by atoms with E-state index in [4.69, 9.17) is 12.2 Å². The molecule has 0 spiro atoms. The largest absolute Gasteiger partial charge is 0.363 e. The smallest absolute Gasteiger partial charge is 0.166 e. The van der Waals surface area contributed by atoms with Crippen molar-refractivity contribution in [3.63, 3.8) is 0 Å². The number of hydrogen-bond donors (Lipinski definition) is 2. The van der Waals surface area contributed by atoms with E-state index < -0.39 is 0 Å². The molecule has 1 saturated heterocycles. The van der Waals surface area contributed by atoms with Crippen molar-refractivity contribution in [2.24, 2.45) is 0 Å². The van der Waals surface area contributed by atoms with Crippen molar-refractivity contribution in [3.05, 3.63) is 0 Å². The summed E-state index contributed by atoms with van der Waals surface area (Å²) in [5, 5.41) is 7.72. The SMILES string of the molecule is CC1CCC(C)N1CCCCNC(=S)NC1CCCCC1. The second-order valence-electron chi connectivity index (χ2n) is 6.96. The van der Waals surface area contributed by atoms with Crippen LogP contribution in [-0.4, -0.2) is 41.2 Å². The molecule has 2 unspecified atom stereocenters. The Balaban J connectivity index is 1.50. The van der Waals surface area contributed by atoms with Crippen LogP contribution in [0.1, 0.15) is 71.6 Å². The molecule has 0 radical (unpaired) electrons. The molecule has 1 aliphatic carbocycles. The summed E-state index contributed by atoms with van der Waals surface area (Å²) in [5.41, 5.74) is 0. The van der Waals surface area contributed by atoms with Crippen LogP contribution in [-0.2, 0) is 0 Å². The van der Waals surface area contributed by atoms with Crippen LogP contribution in [0.2, 0.25) is 0 Å². The van der Waals surface area contributed by atoms with Crippen LogP contribution in [0.4, 0.5) is 0 Å². The first-order valence-corrected chi connectivity index (χ1v) is 9.37. The minimum atomic E-state index is 0.616. The second-order valence-corrected chi connectivity index (χ2v) is 7.36. The van der Waals surface area contributed by atoms with Crippen molar-refractivity contribution < 1.29 is 0 Å². The van der Waals surface area contributed by atoms with Crippen molar-refractivity contribution in [2.45, 2.75) is 89.8 Å². The van der Waals surface area contributed by atoms with E-state index in [1.54, 1.807) is 0 Å². The first-order valence-electron chi connectivity index (χ1n) is 8.97. The number of likely N-dealkylation sites (tertiary alicyclic amines) is 1. The van der Waals surface area contributed by atoms with Gasteiger partial charge in [-0.3, -0.25) is 4.90 Å². The zero-order valence-electron chi connectivity index (χ0n) is 13.9. The Morgan fingerprint density at radius 3 is 2.33 bits per heavy atom. The van der Waals surface area contributed by atoms with Gasteiger partial charge in [-0.05, 0) is 71.1 Å². The third kappa shape index (κ3) is 5.74. The highest BCUT2D eigenvalue weighted by Gasteiger charge is 2.26. The Hall–Kier alpha value is -0.350. The molecule has 0 aromatic carbocycles. The molecule has 1 aliphatic heterocycles. The summed E-state index contributed by atoms with van der Waals surface area (Å²) >= 11 is 5.40. The molecule has 3 nitrogen and oxygen atoms in total. The van der Waals surface area contributed by atoms with Gasteiger partial charge in [-0.15, -0.1) is 0 Å². The minimum Gasteiger partial charge on any atom is -0.363 e. The van der Waals surface area contributed by atoms with Gasteiger partial charge in [-0.1, -0.05) is 19.3 Å². The summed E-state index contributed by atoms with van der Waals surface area (Å²) in [6, 6.07) is 2.18. The molecule has 0 amide bonds. The van der Waals surface area contributed by atoms with E-state index in [0.717, 1.165) is 23.7 Å². The average molecular weight is 312 g/mol. The number of nitrogens with one attached hydrogen (secondary N) is 2. The predicted octanol–water partition coefficient (Wildman–Crippen LogP) is 3.44. The van der Waals surface area contributed by atoms with E-state index in [-0.39, 0.29) is 0 Å². The van der Waals surface area contributed by atoms with Crippen molar-refractivity contribution >= 4 is 17.3 Å². The summed E-state index contributed by atoms with van der Waals surface area (Å²) in [6.07, 6.45) is 11.9. The Labute approximate surface area is 136 Å². The molecular formula is C17H33N3S. The van der Waals surface area contributed by atoms with Gasteiger partial charge in [0.25, 0.3) is 0 Å². The summed E-state index contributed by atoms with van der Waals surface area (Å²) in [4.78, 5) is 2.67. The van der Waals surface area contributed by atoms with E-state index in [0.29, 0.717) is 6.04 Å². The molecule has 0 bridgehead atoms. The van der Waals surface area contributed by atoms with E-state index in [1.807, 2.05) is 0 Å². The Kier molecular flexibility index (Phi) is 7.24. The predicted molar refractivity (Wildman–Crippen MR) is 94.7 cm³/mol. The Morgan fingerprint density at radius 1 is 1.00 bits per heavy atom. The highest BCUT2D eigenvalue weighted by Crippen LogP contribution is 2.23. The lowest BCUT2D eigenvalue weighted by molar-refractivity contribution is 0.210. The number of hydrogen-bond acceptors (Lipinski definition) is 2. The standard InChI is InChI=1S/C17H33N3S/c1-14-10-11-15(2)20(14)13-7-6-12-18-17(21)19-16-8-4-3-5-9-16/h14-16H,3-13H2,1-2H3,(H2,18,19,21). The molecule has 0 aromatic heterocycles. The van der Waals surface area contributed by atoms with E-state index in [2.05, 4.69) is 29.4 Å². The average Bonchev–Trinajstić information content (AvgIpc) is 2.79. The fourth-order valence-electron chi connectivity index (χ4n) is 3.79. The molecule has 0 aromatic rings. The molecule has 4 heteroatoms. The molecule has 2 N–H and O–H groups in total. The van der Waals surface area contributed by atoms with Crippen LogP contribution >= 0.6 is 12.2 Å². The minimum absolute atomic E-state index is 0.616. The lowest BCUT2D eigenvalue weighted by atomic mass is 9.96. The van der Waals surface area contributed by atoms with Gasteiger partial charge in [0.05, 0.1) is 0 Å².